The van der Waals surface area contributed by atoms with Gasteiger partial charge in [0.2, 0.25) is 0 Å². The maximum Gasteiger partial charge on any atom is 0.191 e. The first kappa shape index (κ1) is 17.5. The lowest BCUT2D eigenvalue weighted by Gasteiger charge is -2.27. The highest BCUT2D eigenvalue weighted by molar-refractivity contribution is 5.79. The summed E-state index contributed by atoms with van der Waals surface area (Å²) < 4.78 is 5.81. The van der Waals surface area contributed by atoms with Crippen molar-refractivity contribution in [3.63, 3.8) is 0 Å². The summed E-state index contributed by atoms with van der Waals surface area (Å²) >= 11 is 0. The Morgan fingerprint density at radius 3 is 2.68 bits per heavy atom. The summed E-state index contributed by atoms with van der Waals surface area (Å²) in [6.45, 7) is 13.4. The van der Waals surface area contributed by atoms with Crippen molar-refractivity contribution in [2.24, 2.45) is 4.99 Å². The number of rotatable bonds is 8. The van der Waals surface area contributed by atoms with Gasteiger partial charge in [0.1, 0.15) is 0 Å². The van der Waals surface area contributed by atoms with Crippen LogP contribution in [0.25, 0.3) is 0 Å². The molecule has 1 saturated carbocycles. The fourth-order valence-corrected chi connectivity index (χ4v) is 3.12. The number of guanidine groups is 1. The van der Waals surface area contributed by atoms with Crippen LogP contribution in [-0.4, -0.2) is 61.3 Å². The number of nitrogens with zero attached hydrogens (tertiary/aromatic N) is 2. The molecule has 0 spiro atoms. The average Bonchev–Trinajstić information content (AvgIpc) is 3.22. The SMILES string of the molecule is CCNC(=NCC1(C)CCCO1)NCCN(C(C)C)C1CC1. The highest BCUT2D eigenvalue weighted by Gasteiger charge is 2.30. The summed E-state index contributed by atoms with van der Waals surface area (Å²) in [4.78, 5) is 7.32. The summed E-state index contributed by atoms with van der Waals surface area (Å²) in [5.74, 6) is 0.915. The molecule has 22 heavy (non-hydrogen) atoms. The van der Waals surface area contributed by atoms with Gasteiger partial charge in [-0.1, -0.05) is 0 Å². The smallest absolute Gasteiger partial charge is 0.191 e. The number of aliphatic imine (C=N–C) groups is 1. The van der Waals surface area contributed by atoms with Crippen LogP contribution in [0.1, 0.15) is 53.4 Å². The Morgan fingerprint density at radius 2 is 2.14 bits per heavy atom. The van der Waals surface area contributed by atoms with E-state index < -0.39 is 0 Å². The lowest BCUT2D eigenvalue weighted by atomic mass is 10.0. The van der Waals surface area contributed by atoms with Crippen LogP contribution >= 0.6 is 0 Å². The summed E-state index contributed by atoms with van der Waals surface area (Å²) in [5.41, 5.74) is -0.0691. The van der Waals surface area contributed by atoms with Gasteiger partial charge in [-0.05, 0) is 53.4 Å². The predicted octanol–water partition coefficient (Wildman–Crippen LogP) is 1.98. The molecule has 5 heteroatoms. The first-order valence-electron chi connectivity index (χ1n) is 8.96. The van der Waals surface area contributed by atoms with Gasteiger partial charge in [-0.2, -0.15) is 0 Å². The Balaban J connectivity index is 1.77. The van der Waals surface area contributed by atoms with E-state index in [0.29, 0.717) is 6.04 Å². The Labute approximate surface area is 135 Å². The zero-order chi connectivity index (χ0) is 16.0. The van der Waals surface area contributed by atoms with E-state index in [2.05, 4.69) is 43.2 Å². The fraction of sp³-hybridized carbons (Fsp3) is 0.941. The molecule has 2 aliphatic rings. The van der Waals surface area contributed by atoms with Crippen molar-refractivity contribution in [3.8, 4) is 0 Å². The third-order valence-electron chi connectivity index (χ3n) is 4.56. The fourth-order valence-electron chi connectivity index (χ4n) is 3.12. The van der Waals surface area contributed by atoms with Gasteiger partial charge in [0.05, 0.1) is 12.1 Å². The van der Waals surface area contributed by atoms with Gasteiger partial charge >= 0.3 is 0 Å². The highest BCUT2D eigenvalue weighted by Crippen LogP contribution is 2.28. The predicted molar refractivity (Wildman–Crippen MR) is 92.4 cm³/mol. The summed E-state index contributed by atoms with van der Waals surface area (Å²) in [6.07, 6.45) is 4.99. The van der Waals surface area contributed by atoms with Gasteiger partial charge in [-0.25, -0.2) is 0 Å². The van der Waals surface area contributed by atoms with E-state index in [0.717, 1.165) is 57.6 Å². The van der Waals surface area contributed by atoms with E-state index in [-0.39, 0.29) is 5.60 Å². The molecule has 0 radical (unpaired) electrons. The molecule has 2 fully saturated rings. The van der Waals surface area contributed by atoms with Crippen LogP contribution < -0.4 is 10.6 Å². The van der Waals surface area contributed by atoms with Crippen LogP contribution in [-0.2, 0) is 4.74 Å². The van der Waals surface area contributed by atoms with Gasteiger partial charge in [0.25, 0.3) is 0 Å². The molecule has 1 unspecified atom stereocenters. The quantitative estimate of drug-likeness (QED) is 0.532. The third-order valence-corrected chi connectivity index (χ3v) is 4.56. The lowest BCUT2D eigenvalue weighted by molar-refractivity contribution is 0.0283. The second-order valence-electron chi connectivity index (χ2n) is 7.09. The maximum absolute atomic E-state index is 5.81. The molecule has 5 nitrogen and oxygen atoms in total. The Morgan fingerprint density at radius 1 is 1.36 bits per heavy atom. The van der Waals surface area contributed by atoms with E-state index in [9.17, 15) is 0 Å². The second kappa shape index (κ2) is 8.16. The Hall–Kier alpha value is -0.810. The largest absolute Gasteiger partial charge is 0.373 e. The van der Waals surface area contributed by atoms with E-state index in [1.807, 2.05) is 0 Å². The van der Waals surface area contributed by atoms with Gasteiger partial charge in [0, 0.05) is 38.3 Å². The highest BCUT2D eigenvalue weighted by atomic mass is 16.5. The normalized spacial score (nSPS) is 26.0. The summed E-state index contributed by atoms with van der Waals surface area (Å²) in [5, 5.41) is 6.81. The average molecular weight is 310 g/mol. The zero-order valence-corrected chi connectivity index (χ0v) is 14.8. The molecule has 0 aromatic rings. The van der Waals surface area contributed by atoms with E-state index in [4.69, 9.17) is 9.73 Å². The minimum atomic E-state index is -0.0691. The standard InChI is InChI=1S/C17H34N4O/c1-5-18-16(20-13-17(4)9-6-12-22-17)19-10-11-21(14(2)3)15-7-8-15/h14-15H,5-13H2,1-4H3,(H2,18,19,20). The van der Waals surface area contributed by atoms with Crippen molar-refractivity contribution >= 4 is 5.96 Å². The van der Waals surface area contributed by atoms with E-state index in [1.54, 1.807) is 0 Å². The van der Waals surface area contributed by atoms with Gasteiger partial charge in [0.15, 0.2) is 5.96 Å². The first-order chi connectivity index (χ1) is 10.5. The van der Waals surface area contributed by atoms with Crippen LogP contribution in [0, 0.1) is 0 Å². The lowest BCUT2D eigenvalue weighted by Crippen LogP contribution is -2.44. The summed E-state index contributed by atoms with van der Waals surface area (Å²) in [7, 11) is 0. The van der Waals surface area contributed by atoms with Crippen molar-refractivity contribution in [2.75, 3.05) is 32.8 Å². The zero-order valence-electron chi connectivity index (χ0n) is 14.8. The molecular formula is C17H34N4O. The number of ether oxygens (including phenoxy) is 1. The monoisotopic (exact) mass is 310 g/mol. The Kier molecular flexibility index (Phi) is 6.50. The van der Waals surface area contributed by atoms with Gasteiger partial charge in [-0.3, -0.25) is 9.89 Å². The van der Waals surface area contributed by atoms with E-state index >= 15 is 0 Å². The third kappa shape index (κ3) is 5.43. The van der Waals surface area contributed by atoms with Crippen LogP contribution in [0.5, 0.6) is 0 Å². The van der Waals surface area contributed by atoms with Crippen molar-refractivity contribution in [1.29, 1.82) is 0 Å². The van der Waals surface area contributed by atoms with E-state index in [1.165, 1.54) is 12.8 Å². The number of nitrogens with one attached hydrogen (secondary N) is 2. The molecule has 1 atom stereocenters. The molecule has 2 N–H and O–H groups in total. The maximum atomic E-state index is 5.81. The summed E-state index contributed by atoms with van der Waals surface area (Å²) in [6, 6.07) is 1.44. The molecule has 0 bridgehead atoms. The van der Waals surface area contributed by atoms with Gasteiger partial charge in [-0.15, -0.1) is 0 Å². The van der Waals surface area contributed by atoms with Crippen LogP contribution in [0.3, 0.4) is 0 Å². The van der Waals surface area contributed by atoms with Crippen LogP contribution in [0.2, 0.25) is 0 Å². The molecule has 1 aliphatic carbocycles. The molecule has 0 amide bonds. The van der Waals surface area contributed by atoms with Crippen molar-refractivity contribution in [1.82, 2.24) is 15.5 Å². The van der Waals surface area contributed by atoms with Crippen molar-refractivity contribution in [3.05, 3.63) is 0 Å². The molecule has 1 aliphatic heterocycles. The molecular weight excluding hydrogens is 276 g/mol. The van der Waals surface area contributed by atoms with Crippen molar-refractivity contribution in [2.45, 2.75) is 71.1 Å². The topological polar surface area (TPSA) is 48.9 Å². The number of hydrogen-bond donors (Lipinski definition) is 2. The van der Waals surface area contributed by atoms with Crippen LogP contribution in [0.15, 0.2) is 4.99 Å². The van der Waals surface area contributed by atoms with Crippen LogP contribution in [0.4, 0.5) is 0 Å². The second-order valence-corrected chi connectivity index (χ2v) is 7.09. The van der Waals surface area contributed by atoms with Crippen molar-refractivity contribution < 1.29 is 4.74 Å². The number of hydrogen-bond acceptors (Lipinski definition) is 3. The molecule has 128 valence electrons. The molecule has 2 rings (SSSR count). The first-order valence-corrected chi connectivity index (χ1v) is 8.96. The minimum Gasteiger partial charge on any atom is -0.373 e. The molecule has 0 aromatic heterocycles. The molecule has 0 aromatic carbocycles. The molecule has 1 saturated heterocycles. The molecule has 1 heterocycles. The minimum absolute atomic E-state index is 0.0691. The van der Waals surface area contributed by atoms with Gasteiger partial charge < -0.3 is 15.4 Å². The Bertz CT molecular complexity index is 358.